The van der Waals surface area contributed by atoms with E-state index >= 15 is 0 Å². The Kier molecular flexibility index (Phi) is 4.96. The molecule has 1 saturated heterocycles. The van der Waals surface area contributed by atoms with Gasteiger partial charge in [0.15, 0.2) is 0 Å². The summed E-state index contributed by atoms with van der Waals surface area (Å²) in [7, 11) is 0. The fourth-order valence-corrected chi connectivity index (χ4v) is 2.79. The number of nitrogens with one attached hydrogen (secondary N) is 2. The molecule has 2 aromatic rings. The van der Waals surface area contributed by atoms with Crippen LogP contribution in [0.4, 0.5) is 4.79 Å². The molecule has 3 rings (SSSR count). The summed E-state index contributed by atoms with van der Waals surface area (Å²) < 4.78 is 0. The zero-order valence-corrected chi connectivity index (χ0v) is 13.7. The van der Waals surface area contributed by atoms with Crippen LogP contribution in [0.3, 0.4) is 0 Å². The second kappa shape index (κ2) is 7.31. The second-order valence-corrected chi connectivity index (χ2v) is 5.90. The molecule has 1 aromatic carbocycles. The van der Waals surface area contributed by atoms with E-state index in [1.807, 2.05) is 30.3 Å². The minimum atomic E-state index is -0.442. The summed E-state index contributed by atoms with van der Waals surface area (Å²) in [6.45, 7) is 0.982. The number of benzene rings is 1. The van der Waals surface area contributed by atoms with Crippen molar-refractivity contribution in [3.63, 3.8) is 0 Å². The summed E-state index contributed by atoms with van der Waals surface area (Å²) in [5, 5.41) is 6.24. The van der Waals surface area contributed by atoms with Crippen molar-refractivity contribution in [3.8, 4) is 0 Å². The number of urea groups is 1. The van der Waals surface area contributed by atoms with Gasteiger partial charge in [0.25, 0.3) is 0 Å². The first-order valence-corrected chi connectivity index (χ1v) is 8.00. The maximum atomic E-state index is 12.6. The summed E-state index contributed by atoms with van der Waals surface area (Å²) in [6.07, 6.45) is 1.67. The molecule has 1 aliphatic rings. The van der Waals surface area contributed by atoms with Crippen LogP contribution in [0.1, 0.15) is 17.3 Å². The minimum Gasteiger partial charge on any atom is -0.353 e. The highest BCUT2D eigenvalue weighted by atomic mass is 35.5. The van der Waals surface area contributed by atoms with E-state index in [-0.39, 0.29) is 18.5 Å². The zero-order chi connectivity index (χ0) is 16.9. The van der Waals surface area contributed by atoms with Gasteiger partial charge in [0, 0.05) is 24.3 Å². The van der Waals surface area contributed by atoms with Crippen molar-refractivity contribution in [1.82, 2.24) is 20.5 Å². The standard InChI is InChI=1S/C17H17ClN4O2/c18-13-5-3-4-12(10-13)16(14-6-1-2-7-19-14)21-17(24)22-9-8-20-15(23)11-22/h1-7,10,16H,8-9,11H2,(H,20,23)(H,21,24). The van der Waals surface area contributed by atoms with Crippen LogP contribution in [-0.4, -0.2) is 41.5 Å². The van der Waals surface area contributed by atoms with Crippen LogP contribution in [0.2, 0.25) is 5.02 Å². The molecule has 2 N–H and O–H groups in total. The summed E-state index contributed by atoms with van der Waals surface area (Å²) in [5.74, 6) is -0.159. The molecule has 0 aliphatic carbocycles. The highest BCUT2D eigenvalue weighted by Crippen LogP contribution is 2.23. The summed E-state index contributed by atoms with van der Waals surface area (Å²) in [5.41, 5.74) is 1.53. The number of piperazine rings is 1. The molecule has 24 heavy (non-hydrogen) atoms. The molecule has 124 valence electrons. The SMILES string of the molecule is O=C1CN(C(=O)NC(c2cccc(Cl)c2)c2ccccn2)CCN1. The van der Waals surface area contributed by atoms with E-state index in [1.165, 1.54) is 4.90 Å². The number of amides is 3. The fraction of sp³-hybridized carbons (Fsp3) is 0.235. The summed E-state index contributed by atoms with van der Waals surface area (Å²) in [4.78, 5) is 29.9. The van der Waals surface area contributed by atoms with Gasteiger partial charge in [0.1, 0.15) is 6.54 Å². The van der Waals surface area contributed by atoms with Crippen LogP contribution in [0.5, 0.6) is 0 Å². The molecule has 0 spiro atoms. The Bertz CT molecular complexity index is 738. The smallest absolute Gasteiger partial charge is 0.318 e. The lowest BCUT2D eigenvalue weighted by Gasteiger charge is -2.29. The molecular formula is C17H17ClN4O2. The molecule has 3 amide bonds. The molecule has 1 aromatic heterocycles. The molecule has 1 aliphatic heterocycles. The van der Waals surface area contributed by atoms with Crippen LogP contribution in [0.15, 0.2) is 48.7 Å². The van der Waals surface area contributed by atoms with E-state index < -0.39 is 6.04 Å². The first-order valence-electron chi connectivity index (χ1n) is 7.62. The van der Waals surface area contributed by atoms with Crippen LogP contribution >= 0.6 is 11.6 Å². The van der Waals surface area contributed by atoms with Crippen LogP contribution in [0.25, 0.3) is 0 Å². The first-order chi connectivity index (χ1) is 11.6. The number of halogens is 1. The Morgan fingerprint density at radius 2 is 2.17 bits per heavy atom. The molecule has 2 heterocycles. The van der Waals surface area contributed by atoms with Crippen LogP contribution < -0.4 is 10.6 Å². The molecule has 1 unspecified atom stereocenters. The van der Waals surface area contributed by atoms with Gasteiger partial charge in [-0.05, 0) is 29.8 Å². The third-order valence-electron chi connectivity index (χ3n) is 3.76. The Hall–Kier alpha value is -2.60. The van der Waals surface area contributed by atoms with E-state index in [4.69, 9.17) is 11.6 Å². The second-order valence-electron chi connectivity index (χ2n) is 5.46. The van der Waals surface area contributed by atoms with Crippen molar-refractivity contribution >= 4 is 23.5 Å². The van der Waals surface area contributed by atoms with E-state index in [1.54, 1.807) is 18.3 Å². The fourth-order valence-electron chi connectivity index (χ4n) is 2.59. The van der Waals surface area contributed by atoms with Gasteiger partial charge < -0.3 is 15.5 Å². The van der Waals surface area contributed by atoms with Gasteiger partial charge in [-0.1, -0.05) is 29.8 Å². The predicted molar refractivity (Wildman–Crippen MR) is 90.6 cm³/mol. The third kappa shape index (κ3) is 3.83. The molecule has 7 heteroatoms. The van der Waals surface area contributed by atoms with Gasteiger partial charge in [0.05, 0.1) is 11.7 Å². The number of nitrogens with zero attached hydrogens (tertiary/aromatic N) is 2. The number of aromatic nitrogens is 1. The Morgan fingerprint density at radius 3 is 2.88 bits per heavy atom. The molecule has 1 fully saturated rings. The zero-order valence-electron chi connectivity index (χ0n) is 12.9. The number of carbonyl (C=O) groups excluding carboxylic acids is 2. The topological polar surface area (TPSA) is 74.3 Å². The molecule has 6 nitrogen and oxygen atoms in total. The highest BCUT2D eigenvalue weighted by molar-refractivity contribution is 6.30. The molecule has 0 saturated carbocycles. The van der Waals surface area contributed by atoms with Crippen molar-refractivity contribution in [1.29, 1.82) is 0 Å². The van der Waals surface area contributed by atoms with Crippen LogP contribution in [-0.2, 0) is 4.79 Å². The Balaban J connectivity index is 1.85. The van der Waals surface area contributed by atoms with Gasteiger partial charge in [-0.2, -0.15) is 0 Å². The lowest BCUT2D eigenvalue weighted by Crippen LogP contribution is -2.53. The number of hydrogen-bond donors (Lipinski definition) is 2. The van der Waals surface area contributed by atoms with Crippen molar-refractivity contribution in [3.05, 3.63) is 64.9 Å². The summed E-state index contributed by atoms with van der Waals surface area (Å²) >= 11 is 6.08. The lowest BCUT2D eigenvalue weighted by atomic mass is 10.0. The van der Waals surface area contributed by atoms with Crippen molar-refractivity contribution in [2.45, 2.75) is 6.04 Å². The molecule has 0 radical (unpaired) electrons. The third-order valence-corrected chi connectivity index (χ3v) is 3.99. The van der Waals surface area contributed by atoms with Gasteiger partial charge >= 0.3 is 6.03 Å². The average molecular weight is 345 g/mol. The quantitative estimate of drug-likeness (QED) is 0.894. The van der Waals surface area contributed by atoms with Gasteiger partial charge in [0.2, 0.25) is 5.91 Å². The van der Waals surface area contributed by atoms with E-state index in [9.17, 15) is 9.59 Å². The number of hydrogen-bond acceptors (Lipinski definition) is 3. The van der Waals surface area contributed by atoms with E-state index in [0.29, 0.717) is 23.8 Å². The normalized spacial score (nSPS) is 15.5. The monoisotopic (exact) mass is 344 g/mol. The van der Waals surface area contributed by atoms with E-state index in [2.05, 4.69) is 15.6 Å². The Labute approximate surface area is 144 Å². The van der Waals surface area contributed by atoms with Gasteiger partial charge in [-0.25, -0.2) is 4.79 Å². The number of rotatable bonds is 3. The first kappa shape index (κ1) is 16.3. The molecule has 0 bridgehead atoms. The van der Waals surface area contributed by atoms with E-state index in [0.717, 1.165) is 5.56 Å². The Morgan fingerprint density at radius 1 is 1.29 bits per heavy atom. The van der Waals surface area contributed by atoms with Gasteiger partial charge in [-0.15, -0.1) is 0 Å². The van der Waals surface area contributed by atoms with Crippen LogP contribution in [0, 0.1) is 0 Å². The maximum Gasteiger partial charge on any atom is 0.318 e. The average Bonchev–Trinajstić information content (AvgIpc) is 2.60. The van der Waals surface area contributed by atoms with Crippen molar-refractivity contribution < 1.29 is 9.59 Å². The van der Waals surface area contributed by atoms with Crippen molar-refractivity contribution in [2.75, 3.05) is 19.6 Å². The van der Waals surface area contributed by atoms with Crippen molar-refractivity contribution in [2.24, 2.45) is 0 Å². The molecule has 1 atom stereocenters. The minimum absolute atomic E-state index is 0.0519. The predicted octanol–water partition coefficient (Wildman–Crippen LogP) is 1.97. The van der Waals surface area contributed by atoms with Gasteiger partial charge in [-0.3, -0.25) is 9.78 Å². The highest BCUT2D eigenvalue weighted by Gasteiger charge is 2.25. The lowest BCUT2D eigenvalue weighted by molar-refractivity contribution is -0.123. The number of pyridine rings is 1. The maximum absolute atomic E-state index is 12.6. The largest absolute Gasteiger partial charge is 0.353 e. The molecular weight excluding hydrogens is 328 g/mol. The summed E-state index contributed by atoms with van der Waals surface area (Å²) in [6, 6.07) is 12.1. The number of carbonyl (C=O) groups is 2.